The van der Waals surface area contributed by atoms with Gasteiger partial charge in [-0.15, -0.1) is 0 Å². The van der Waals surface area contributed by atoms with E-state index in [1.807, 2.05) is 19.1 Å². The van der Waals surface area contributed by atoms with E-state index in [0.717, 1.165) is 56.1 Å². The lowest BCUT2D eigenvalue weighted by Gasteiger charge is -2.35. The van der Waals surface area contributed by atoms with Crippen molar-refractivity contribution in [3.63, 3.8) is 0 Å². The van der Waals surface area contributed by atoms with Crippen molar-refractivity contribution in [1.82, 2.24) is 4.90 Å². The molecule has 2 aromatic rings. The second-order valence-electron chi connectivity index (χ2n) is 7.94. The number of morpholine rings is 1. The van der Waals surface area contributed by atoms with Gasteiger partial charge < -0.3 is 15.2 Å². The van der Waals surface area contributed by atoms with Crippen LogP contribution in [-0.2, 0) is 9.53 Å². The summed E-state index contributed by atoms with van der Waals surface area (Å²) in [6, 6.07) is 16.1. The number of benzene rings is 2. The van der Waals surface area contributed by atoms with Crippen LogP contribution in [-0.4, -0.2) is 42.3 Å². The van der Waals surface area contributed by atoms with Gasteiger partial charge in [-0.25, -0.2) is 0 Å². The van der Waals surface area contributed by atoms with Crippen LogP contribution < -0.4 is 5.32 Å². The number of hydrogen-bond donors (Lipinski definition) is 2. The SMILES string of the molecule is CC[C@H](CC(=O)O)c1ccc([C@@H](CC)N2CCOCC2)c(Nc2ccc(C#N)cc2)c1. The Morgan fingerprint density at radius 2 is 1.87 bits per heavy atom. The molecular weight excluding hydrogens is 390 g/mol. The highest BCUT2D eigenvalue weighted by atomic mass is 16.5. The summed E-state index contributed by atoms with van der Waals surface area (Å²) in [4.78, 5) is 13.8. The minimum atomic E-state index is -0.780. The zero-order chi connectivity index (χ0) is 22.2. The molecule has 164 valence electrons. The Kier molecular flexibility index (Phi) is 8.05. The van der Waals surface area contributed by atoms with E-state index in [9.17, 15) is 9.90 Å². The molecule has 0 radical (unpaired) electrons. The third-order valence-corrected chi connectivity index (χ3v) is 5.99. The van der Waals surface area contributed by atoms with Crippen molar-refractivity contribution >= 4 is 17.3 Å². The molecule has 6 heteroatoms. The number of rotatable bonds is 9. The van der Waals surface area contributed by atoms with Crippen LogP contribution in [0.4, 0.5) is 11.4 Å². The smallest absolute Gasteiger partial charge is 0.303 e. The predicted octanol–water partition coefficient (Wildman–Crippen LogP) is 5.05. The molecule has 2 atom stereocenters. The van der Waals surface area contributed by atoms with Crippen LogP contribution in [0.5, 0.6) is 0 Å². The molecule has 1 heterocycles. The van der Waals surface area contributed by atoms with E-state index in [0.29, 0.717) is 5.56 Å². The summed E-state index contributed by atoms with van der Waals surface area (Å²) in [6.07, 6.45) is 1.85. The van der Waals surface area contributed by atoms with Crippen LogP contribution >= 0.6 is 0 Å². The normalized spacial score (nSPS) is 16.3. The van der Waals surface area contributed by atoms with E-state index >= 15 is 0 Å². The van der Waals surface area contributed by atoms with Crippen molar-refractivity contribution in [3.05, 3.63) is 59.2 Å². The first-order chi connectivity index (χ1) is 15.0. The van der Waals surface area contributed by atoms with E-state index < -0.39 is 5.97 Å². The molecule has 0 spiro atoms. The predicted molar refractivity (Wildman–Crippen MR) is 122 cm³/mol. The van der Waals surface area contributed by atoms with E-state index in [2.05, 4.69) is 41.4 Å². The first-order valence-electron chi connectivity index (χ1n) is 11.0. The number of nitriles is 1. The fourth-order valence-corrected chi connectivity index (χ4v) is 4.28. The molecule has 0 saturated carbocycles. The van der Waals surface area contributed by atoms with Gasteiger partial charge in [-0.3, -0.25) is 9.69 Å². The van der Waals surface area contributed by atoms with Gasteiger partial charge in [-0.05, 0) is 60.2 Å². The highest BCUT2D eigenvalue weighted by Crippen LogP contribution is 2.36. The van der Waals surface area contributed by atoms with Gasteiger partial charge >= 0.3 is 5.97 Å². The molecule has 1 saturated heterocycles. The van der Waals surface area contributed by atoms with Gasteiger partial charge in [-0.2, -0.15) is 5.26 Å². The summed E-state index contributed by atoms with van der Waals surface area (Å²) in [5.74, 6) is -0.811. The van der Waals surface area contributed by atoms with Crippen LogP contribution in [0.15, 0.2) is 42.5 Å². The lowest BCUT2D eigenvalue weighted by molar-refractivity contribution is -0.137. The third-order valence-electron chi connectivity index (χ3n) is 5.99. The number of hydrogen-bond acceptors (Lipinski definition) is 5. The van der Waals surface area contributed by atoms with E-state index in [4.69, 9.17) is 10.00 Å². The average Bonchev–Trinajstić information content (AvgIpc) is 2.80. The Balaban J connectivity index is 1.99. The second-order valence-corrected chi connectivity index (χ2v) is 7.94. The molecule has 0 aromatic heterocycles. The first-order valence-corrected chi connectivity index (χ1v) is 11.0. The molecule has 2 aromatic carbocycles. The number of ether oxygens (including phenoxy) is 1. The fraction of sp³-hybridized carbons (Fsp3) is 0.440. The number of carbonyl (C=O) groups is 1. The summed E-state index contributed by atoms with van der Waals surface area (Å²) in [5, 5.41) is 21.9. The standard InChI is InChI=1S/C25H31N3O3/c1-3-19(16-25(29)30)20-7-10-22(24(4-2)28-11-13-31-14-12-28)23(15-20)27-21-8-5-18(17-26)6-9-21/h5-10,15,19,24,27H,3-4,11-14,16H2,1-2H3,(H,29,30)/t19-,24-/m1/s1. The number of anilines is 2. The molecule has 31 heavy (non-hydrogen) atoms. The lowest BCUT2D eigenvalue weighted by atomic mass is 9.90. The largest absolute Gasteiger partial charge is 0.481 e. The minimum absolute atomic E-state index is 0.0310. The van der Waals surface area contributed by atoms with Gasteiger partial charge in [0.2, 0.25) is 0 Å². The fourth-order valence-electron chi connectivity index (χ4n) is 4.28. The molecule has 0 unspecified atom stereocenters. The monoisotopic (exact) mass is 421 g/mol. The molecule has 1 aliphatic heterocycles. The number of carboxylic acids is 1. The van der Waals surface area contributed by atoms with Crippen LogP contribution in [0.3, 0.4) is 0 Å². The van der Waals surface area contributed by atoms with Crippen molar-refractivity contribution in [2.75, 3.05) is 31.6 Å². The molecular formula is C25H31N3O3. The average molecular weight is 422 g/mol. The molecule has 2 N–H and O–H groups in total. The number of nitrogens with zero attached hydrogens (tertiary/aromatic N) is 2. The maximum absolute atomic E-state index is 11.3. The Bertz CT molecular complexity index is 915. The lowest BCUT2D eigenvalue weighted by Crippen LogP contribution is -2.39. The second kappa shape index (κ2) is 10.9. The topological polar surface area (TPSA) is 85.6 Å². The molecule has 1 fully saturated rings. The number of aliphatic carboxylic acids is 1. The molecule has 0 aliphatic carbocycles. The Hall–Kier alpha value is -2.88. The quantitative estimate of drug-likeness (QED) is 0.589. The first kappa shape index (κ1) is 22.8. The molecule has 0 bridgehead atoms. The van der Waals surface area contributed by atoms with Gasteiger partial charge in [-0.1, -0.05) is 26.0 Å². The summed E-state index contributed by atoms with van der Waals surface area (Å²) in [5.41, 5.74) is 4.74. The maximum Gasteiger partial charge on any atom is 0.303 e. The number of carboxylic acid groups (broad SMARTS) is 1. The summed E-state index contributed by atoms with van der Waals surface area (Å²) in [7, 11) is 0. The van der Waals surface area contributed by atoms with Crippen molar-refractivity contribution in [3.8, 4) is 6.07 Å². The van der Waals surface area contributed by atoms with E-state index in [1.54, 1.807) is 12.1 Å². The Morgan fingerprint density at radius 1 is 1.16 bits per heavy atom. The summed E-state index contributed by atoms with van der Waals surface area (Å²) < 4.78 is 5.54. The van der Waals surface area contributed by atoms with Gasteiger partial charge in [0, 0.05) is 30.5 Å². The van der Waals surface area contributed by atoms with Crippen molar-refractivity contribution in [1.29, 1.82) is 5.26 Å². The van der Waals surface area contributed by atoms with Gasteiger partial charge in [0.05, 0.1) is 31.3 Å². The zero-order valence-corrected chi connectivity index (χ0v) is 18.3. The third kappa shape index (κ3) is 5.84. The van der Waals surface area contributed by atoms with Crippen LogP contribution in [0, 0.1) is 11.3 Å². The van der Waals surface area contributed by atoms with Gasteiger partial charge in [0.1, 0.15) is 0 Å². The van der Waals surface area contributed by atoms with Crippen LogP contribution in [0.1, 0.15) is 61.8 Å². The molecule has 1 aliphatic rings. The minimum Gasteiger partial charge on any atom is -0.481 e. The Labute approximate surface area is 184 Å². The highest BCUT2D eigenvalue weighted by Gasteiger charge is 2.24. The molecule has 6 nitrogen and oxygen atoms in total. The summed E-state index contributed by atoms with van der Waals surface area (Å²) >= 11 is 0. The highest BCUT2D eigenvalue weighted by molar-refractivity contribution is 5.69. The Morgan fingerprint density at radius 3 is 2.45 bits per heavy atom. The van der Waals surface area contributed by atoms with E-state index in [-0.39, 0.29) is 18.4 Å². The maximum atomic E-state index is 11.3. The molecule has 0 amide bonds. The van der Waals surface area contributed by atoms with E-state index in [1.165, 1.54) is 5.56 Å². The molecule has 3 rings (SSSR count). The van der Waals surface area contributed by atoms with Crippen molar-refractivity contribution in [2.24, 2.45) is 0 Å². The van der Waals surface area contributed by atoms with Crippen LogP contribution in [0.25, 0.3) is 0 Å². The van der Waals surface area contributed by atoms with Gasteiger partial charge in [0.15, 0.2) is 0 Å². The van der Waals surface area contributed by atoms with Crippen LogP contribution in [0.2, 0.25) is 0 Å². The summed E-state index contributed by atoms with van der Waals surface area (Å²) in [6.45, 7) is 7.49. The number of nitrogens with one attached hydrogen (secondary N) is 1. The van der Waals surface area contributed by atoms with Crippen molar-refractivity contribution in [2.45, 2.75) is 45.1 Å². The van der Waals surface area contributed by atoms with Crippen molar-refractivity contribution < 1.29 is 14.6 Å². The van der Waals surface area contributed by atoms with Gasteiger partial charge in [0.25, 0.3) is 0 Å². The zero-order valence-electron chi connectivity index (χ0n) is 18.3.